The number of nitro groups is 1. The van der Waals surface area contributed by atoms with Crippen LogP contribution in [0.3, 0.4) is 0 Å². The summed E-state index contributed by atoms with van der Waals surface area (Å²) in [4.78, 5) is 19.9. The van der Waals surface area contributed by atoms with Gasteiger partial charge < -0.3 is 9.90 Å². The molecule has 0 aliphatic heterocycles. The van der Waals surface area contributed by atoms with Gasteiger partial charge in [0.05, 0.1) is 21.1 Å². The fraction of sp³-hybridized carbons (Fsp3) is 0.167. The third-order valence-corrected chi connectivity index (χ3v) is 2.44. The maximum atomic E-state index is 10.3. The van der Waals surface area contributed by atoms with E-state index < -0.39 is 10.9 Å². The smallest absolute Gasteiger partial charge is 0.283 e. The lowest BCUT2D eigenvalue weighted by Crippen LogP contribution is -2.21. The van der Waals surface area contributed by atoms with Gasteiger partial charge in [0.2, 0.25) is 0 Å². The highest BCUT2D eigenvalue weighted by Crippen LogP contribution is 2.27. The molecule has 0 bridgehead atoms. The number of carboxylic acid groups (broad SMARTS) is 1. The standard InChI is InChI=1S/C6H5NO4S/c1-3-4(7(10)11)2-12-5(3)6(8)9/h2H,1H3,(H,8,9)/p-1. The largest absolute Gasteiger partial charge is 0.544 e. The van der Waals surface area contributed by atoms with Crippen molar-refractivity contribution in [3.05, 3.63) is 25.9 Å². The molecular weight excluding hydrogens is 182 g/mol. The van der Waals surface area contributed by atoms with Crippen molar-refractivity contribution in [3.8, 4) is 0 Å². The zero-order chi connectivity index (χ0) is 9.30. The van der Waals surface area contributed by atoms with E-state index in [9.17, 15) is 20.0 Å². The van der Waals surface area contributed by atoms with Crippen molar-refractivity contribution < 1.29 is 14.8 Å². The van der Waals surface area contributed by atoms with Crippen LogP contribution < -0.4 is 5.11 Å². The van der Waals surface area contributed by atoms with Crippen LogP contribution in [0.4, 0.5) is 5.69 Å². The van der Waals surface area contributed by atoms with Crippen molar-refractivity contribution in [1.29, 1.82) is 0 Å². The summed E-state index contributed by atoms with van der Waals surface area (Å²) in [5.41, 5.74) is -0.01000. The topological polar surface area (TPSA) is 83.3 Å². The number of thiophene rings is 1. The minimum absolute atomic E-state index is 0.0818. The summed E-state index contributed by atoms with van der Waals surface area (Å²) in [7, 11) is 0. The molecule has 0 aliphatic rings. The molecule has 0 N–H and O–H groups in total. The SMILES string of the molecule is Cc1c([N+](=O)[O-])csc1C(=O)[O-]. The first-order valence-corrected chi connectivity index (χ1v) is 3.86. The monoisotopic (exact) mass is 186 g/mol. The molecule has 0 amide bonds. The van der Waals surface area contributed by atoms with Gasteiger partial charge in [-0.1, -0.05) is 0 Å². The van der Waals surface area contributed by atoms with Crippen LogP contribution in [0.25, 0.3) is 0 Å². The number of hydrogen-bond donors (Lipinski definition) is 0. The van der Waals surface area contributed by atoms with Crippen LogP contribution in [-0.4, -0.2) is 10.9 Å². The molecule has 0 spiro atoms. The zero-order valence-corrected chi connectivity index (χ0v) is 6.88. The maximum Gasteiger partial charge on any atom is 0.283 e. The Morgan fingerprint density at radius 1 is 1.67 bits per heavy atom. The Morgan fingerprint density at radius 3 is 2.50 bits per heavy atom. The molecule has 6 heteroatoms. The van der Waals surface area contributed by atoms with E-state index in [1.54, 1.807) is 0 Å². The maximum absolute atomic E-state index is 10.3. The summed E-state index contributed by atoms with van der Waals surface area (Å²) in [6.45, 7) is 1.39. The van der Waals surface area contributed by atoms with Gasteiger partial charge >= 0.3 is 0 Å². The molecule has 1 rings (SSSR count). The van der Waals surface area contributed by atoms with Crippen LogP contribution in [0.1, 0.15) is 15.2 Å². The lowest BCUT2D eigenvalue weighted by molar-refractivity contribution is -0.385. The van der Waals surface area contributed by atoms with Crippen LogP contribution in [0.15, 0.2) is 5.38 Å². The van der Waals surface area contributed by atoms with Crippen molar-refractivity contribution in [2.24, 2.45) is 0 Å². The van der Waals surface area contributed by atoms with Gasteiger partial charge in [0.1, 0.15) is 0 Å². The minimum Gasteiger partial charge on any atom is -0.544 e. The van der Waals surface area contributed by atoms with E-state index in [1.807, 2.05) is 0 Å². The van der Waals surface area contributed by atoms with Crippen molar-refractivity contribution >= 4 is 23.0 Å². The summed E-state index contributed by atoms with van der Waals surface area (Å²) < 4.78 is 0. The van der Waals surface area contributed by atoms with Gasteiger partial charge in [-0.3, -0.25) is 10.1 Å². The Kier molecular flexibility index (Phi) is 2.09. The number of carbonyl (C=O) groups excluding carboxylic acids is 1. The van der Waals surface area contributed by atoms with E-state index in [2.05, 4.69) is 0 Å². The van der Waals surface area contributed by atoms with E-state index in [1.165, 1.54) is 12.3 Å². The third-order valence-electron chi connectivity index (χ3n) is 1.40. The molecule has 1 aromatic heterocycles. The fourth-order valence-corrected chi connectivity index (χ4v) is 1.66. The second-order valence-electron chi connectivity index (χ2n) is 2.12. The van der Waals surface area contributed by atoms with Gasteiger partial charge in [-0.15, -0.1) is 11.3 Å². The first kappa shape index (κ1) is 8.66. The summed E-state index contributed by atoms with van der Waals surface area (Å²) in [5.74, 6) is -1.37. The minimum atomic E-state index is -1.37. The average Bonchev–Trinajstić information content (AvgIpc) is 2.30. The van der Waals surface area contributed by atoms with Crippen LogP contribution >= 0.6 is 11.3 Å². The highest BCUT2D eigenvalue weighted by Gasteiger charge is 2.16. The number of aromatic carboxylic acids is 1. The van der Waals surface area contributed by atoms with E-state index in [-0.39, 0.29) is 16.1 Å². The summed E-state index contributed by atoms with van der Waals surface area (Å²) >= 11 is 0.809. The second kappa shape index (κ2) is 2.90. The van der Waals surface area contributed by atoms with Crippen molar-refractivity contribution in [3.63, 3.8) is 0 Å². The van der Waals surface area contributed by atoms with Gasteiger partial charge in [-0.2, -0.15) is 0 Å². The predicted octanol–water partition coefficient (Wildman–Crippen LogP) is 0.328. The Labute approximate surface area is 71.4 Å². The molecule has 12 heavy (non-hydrogen) atoms. The molecule has 0 atom stereocenters. The highest BCUT2D eigenvalue weighted by molar-refractivity contribution is 7.12. The lowest BCUT2D eigenvalue weighted by Gasteiger charge is -1.97. The van der Waals surface area contributed by atoms with Crippen LogP contribution in [0.5, 0.6) is 0 Å². The highest BCUT2D eigenvalue weighted by atomic mass is 32.1. The quantitative estimate of drug-likeness (QED) is 0.492. The first-order chi connectivity index (χ1) is 5.54. The van der Waals surface area contributed by atoms with Crippen LogP contribution in [-0.2, 0) is 0 Å². The Balaban J connectivity index is 3.22. The first-order valence-electron chi connectivity index (χ1n) is 2.98. The molecule has 0 aromatic carbocycles. The second-order valence-corrected chi connectivity index (χ2v) is 3.00. The molecule has 1 aromatic rings. The Hall–Kier alpha value is -1.43. The number of carbonyl (C=O) groups is 1. The lowest BCUT2D eigenvalue weighted by atomic mass is 10.2. The number of hydrogen-bond acceptors (Lipinski definition) is 5. The normalized spacial score (nSPS) is 9.75. The molecule has 0 fully saturated rings. The van der Waals surface area contributed by atoms with E-state index in [0.29, 0.717) is 0 Å². The predicted molar refractivity (Wildman–Crippen MR) is 40.0 cm³/mol. The van der Waals surface area contributed by atoms with Crippen LogP contribution in [0, 0.1) is 17.0 Å². The van der Waals surface area contributed by atoms with E-state index in [4.69, 9.17) is 0 Å². The Morgan fingerprint density at radius 2 is 2.25 bits per heavy atom. The average molecular weight is 186 g/mol. The third kappa shape index (κ3) is 1.28. The molecule has 0 saturated carbocycles. The van der Waals surface area contributed by atoms with Crippen molar-refractivity contribution in [1.82, 2.24) is 0 Å². The molecule has 0 unspecified atom stereocenters. The van der Waals surface area contributed by atoms with Gasteiger partial charge in [-0.05, 0) is 6.92 Å². The fourth-order valence-electron chi connectivity index (χ4n) is 0.789. The molecule has 0 radical (unpaired) electrons. The van der Waals surface area contributed by atoms with E-state index in [0.717, 1.165) is 11.3 Å². The van der Waals surface area contributed by atoms with Crippen molar-refractivity contribution in [2.45, 2.75) is 6.92 Å². The van der Waals surface area contributed by atoms with Crippen LogP contribution in [0.2, 0.25) is 0 Å². The molecular formula is C6H4NO4S-. The molecule has 5 nitrogen and oxygen atoms in total. The molecule has 0 saturated heterocycles. The molecule has 0 aliphatic carbocycles. The molecule has 1 heterocycles. The van der Waals surface area contributed by atoms with Gasteiger partial charge in [-0.25, -0.2) is 0 Å². The number of nitrogens with zero attached hydrogens (tertiary/aromatic N) is 1. The number of carboxylic acids is 1. The number of rotatable bonds is 2. The van der Waals surface area contributed by atoms with Gasteiger partial charge in [0.15, 0.2) is 0 Å². The van der Waals surface area contributed by atoms with Crippen molar-refractivity contribution in [2.75, 3.05) is 0 Å². The summed E-state index contributed by atoms with van der Waals surface area (Å²) in [5, 5.41) is 21.8. The molecule has 64 valence electrons. The Bertz CT molecular complexity index is 312. The van der Waals surface area contributed by atoms with E-state index >= 15 is 0 Å². The summed E-state index contributed by atoms with van der Waals surface area (Å²) in [6.07, 6.45) is 0. The van der Waals surface area contributed by atoms with Gasteiger partial charge in [0, 0.05) is 5.56 Å². The zero-order valence-electron chi connectivity index (χ0n) is 6.07. The van der Waals surface area contributed by atoms with Gasteiger partial charge in [0.25, 0.3) is 5.69 Å². The summed E-state index contributed by atoms with van der Waals surface area (Å²) in [6, 6.07) is 0.